The molecule has 2 fully saturated rings. The molecule has 4 rings (SSSR count). The Kier molecular flexibility index (Phi) is 11.1. The molecule has 0 spiro atoms. The second kappa shape index (κ2) is 13.6. The number of para-hydroxylation sites is 1. The maximum absolute atomic E-state index is 8.06. The van der Waals surface area contributed by atoms with Gasteiger partial charge in [0.05, 0.1) is 16.3 Å². The highest BCUT2D eigenvalue weighted by Gasteiger charge is 2.20. The van der Waals surface area contributed by atoms with Crippen LogP contribution in [0.2, 0.25) is 0 Å². The average molecular weight is 419 g/mol. The molecule has 0 saturated heterocycles. The fourth-order valence-electron chi connectivity index (χ4n) is 3.21. The van der Waals surface area contributed by atoms with Crippen molar-refractivity contribution in [2.75, 3.05) is 0 Å². The van der Waals surface area contributed by atoms with E-state index in [1.807, 2.05) is 17.6 Å². The first-order chi connectivity index (χ1) is 14.1. The topological polar surface area (TPSA) is 54.4 Å². The molecule has 0 radical (unpaired) electrons. The van der Waals surface area contributed by atoms with Gasteiger partial charge in [-0.15, -0.1) is 11.3 Å². The Labute approximate surface area is 180 Å². The summed E-state index contributed by atoms with van der Waals surface area (Å²) in [5.41, 5.74) is 2.89. The number of thiazole rings is 1. The fourth-order valence-corrected chi connectivity index (χ4v) is 3.91. The van der Waals surface area contributed by atoms with Crippen LogP contribution >= 0.6 is 11.3 Å². The van der Waals surface area contributed by atoms with Crippen molar-refractivity contribution in [2.45, 2.75) is 96.8 Å². The van der Waals surface area contributed by atoms with E-state index in [4.69, 9.17) is 9.84 Å². The lowest BCUT2D eigenvalue weighted by atomic mass is 9.96. The molecule has 5 heteroatoms. The molecule has 29 heavy (non-hydrogen) atoms. The lowest BCUT2D eigenvalue weighted by molar-refractivity contribution is 0.122. The van der Waals surface area contributed by atoms with Crippen LogP contribution in [0.5, 0.6) is 5.75 Å². The van der Waals surface area contributed by atoms with Crippen LogP contribution in [0.4, 0.5) is 0 Å². The molecule has 0 amide bonds. The summed E-state index contributed by atoms with van der Waals surface area (Å²) < 4.78 is 7.08. The number of ether oxygens (including phenoxy) is 1. The van der Waals surface area contributed by atoms with Gasteiger partial charge in [0.25, 0.3) is 0 Å². The van der Waals surface area contributed by atoms with Crippen molar-refractivity contribution in [3.05, 3.63) is 36.0 Å². The second-order valence-electron chi connectivity index (χ2n) is 8.03. The Morgan fingerprint density at radius 2 is 1.90 bits per heavy atom. The van der Waals surface area contributed by atoms with Gasteiger partial charge >= 0.3 is 0 Å². The molecule has 2 aliphatic rings. The SMILES string of the molecule is CC(C)O.CC/C=C/NC1CCCCC1.c1cc(OC2CCC2)c2ncsc2c1. The van der Waals surface area contributed by atoms with Crippen molar-refractivity contribution in [1.82, 2.24) is 10.3 Å². The van der Waals surface area contributed by atoms with Gasteiger partial charge in [-0.05, 0) is 70.7 Å². The third-order valence-corrected chi connectivity index (χ3v) is 5.75. The van der Waals surface area contributed by atoms with Gasteiger partial charge in [-0.3, -0.25) is 0 Å². The van der Waals surface area contributed by atoms with Crippen LogP contribution in [0.3, 0.4) is 0 Å². The zero-order chi connectivity index (χ0) is 20.9. The largest absolute Gasteiger partial charge is 0.488 e. The molecule has 1 aromatic carbocycles. The summed E-state index contributed by atoms with van der Waals surface area (Å²) in [7, 11) is 0. The van der Waals surface area contributed by atoms with Crippen molar-refractivity contribution in [3.63, 3.8) is 0 Å². The van der Waals surface area contributed by atoms with E-state index in [9.17, 15) is 0 Å². The minimum absolute atomic E-state index is 0.167. The Morgan fingerprint density at radius 1 is 1.17 bits per heavy atom. The number of benzene rings is 1. The maximum atomic E-state index is 8.06. The minimum Gasteiger partial charge on any atom is -0.488 e. The minimum atomic E-state index is -0.167. The lowest BCUT2D eigenvalue weighted by Crippen LogP contribution is -2.26. The predicted molar refractivity (Wildman–Crippen MR) is 125 cm³/mol. The Morgan fingerprint density at radius 3 is 2.52 bits per heavy atom. The van der Waals surface area contributed by atoms with Crippen LogP contribution in [-0.4, -0.2) is 28.3 Å². The second-order valence-corrected chi connectivity index (χ2v) is 8.92. The Hall–Kier alpha value is -1.59. The first-order valence-corrected chi connectivity index (χ1v) is 12.1. The highest BCUT2D eigenvalue weighted by Crippen LogP contribution is 2.31. The van der Waals surface area contributed by atoms with E-state index in [-0.39, 0.29) is 6.10 Å². The van der Waals surface area contributed by atoms with Crippen LogP contribution in [0, 0.1) is 0 Å². The highest BCUT2D eigenvalue weighted by molar-refractivity contribution is 7.16. The molecule has 0 unspecified atom stereocenters. The van der Waals surface area contributed by atoms with E-state index < -0.39 is 0 Å². The summed E-state index contributed by atoms with van der Waals surface area (Å²) in [6, 6.07) is 6.90. The summed E-state index contributed by atoms with van der Waals surface area (Å²) in [6.07, 6.45) is 16.4. The molecular formula is C24H38N2O2S. The number of fused-ring (bicyclic) bond motifs is 1. The Balaban J connectivity index is 0.000000180. The number of aromatic nitrogens is 1. The predicted octanol–water partition coefficient (Wildman–Crippen LogP) is 6.45. The van der Waals surface area contributed by atoms with E-state index in [2.05, 4.69) is 35.6 Å². The third-order valence-electron chi connectivity index (χ3n) is 4.96. The molecule has 0 aliphatic heterocycles. The summed E-state index contributed by atoms with van der Waals surface area (Å²) in [6.45, 7) is 5.61. The van der Waals surface area contributed by atoms with E-state index in [0.29, 0.717) is 6.10 Å². The summed E-state index contributed by atoms with van der Waals surface area (Å²) in [4.78, 5) is 4.32. The monoisotopic (exact) mass is 418 g/mol. The van der Waals surface area contributed by atoms with Crippen molar-refractivity contribution in [3.8, 4) is 5.75 Å². The normalized spacial score (nSPS) is 17.3. The number of allylic oxidation sites excluding steroid dienone is 1. The number of aliphatic hydroxyl groups excluding tert-OH is 1. The molecule has 2 aliphatic carbocycles. The van der Waals surface area contributed by atoms with Gasteiger partial charge in [0.1, 0.15) is 11.3 Å². The van der Waals surface area contributed by atoms with Crippen LogP contribution in [-0.2, 0) is 0 Å². The van der Waals surface area contributed by atoms with Gasteiger partial charge in [-0.25, -0.2) is 4.98 Å². The standard InChI is InChI=1S/C11H11NOS.C10H19N.C3H8O/c1-3-8(4-1)13-9-5-2-6-10-11(9)12-7-14-10;1-2-3-9-11-10-7-5-4-6-8-10;1-3(2)4/h2,5-8H,1,3-4H2;3,9-11H,2,4-8H2,1H3;3-4H,1-2H3/b;9-3+;. The molecule has 4 nitrogen and oxygen atoms in total. The van der Waals surface area contributed by atoms with E-state index in [1.54, 1.807) is 25.2 Å². The van der Waals surface area contributed by atoms with E-state index in [1.165, 1.54) is 56.1 Å². The molecular weight excluding hydrogens is 380 g/mol. The maximum Gasteiger partial charge on any atom is 0.146 e. The summed E-state index contributed by atoms with van der Waals surface area (Å²) >= 11 is 1.66. The van der Waals surface area contributed by atoms with Crippen LogP contribution in [0.25, 0.3) is 10.2 Å². The number of nitrogens with zero attached hydrogens (tertiary/aromatic N) is 1. The number of nitrogens with one attached hydrogen (secondary N) is 1. The number of aliphatic hydroxyl groups is 1. The van der Waals surface area contributed by atoms with Crippen molar-refractivity contribution < 1.29 is 9.84 Å². The molecule has 2 aromatic rings. The molecule has 1 heterocycles. The van der Waals surface area contributed by atoms with Crippen LogP contribution in [0.15, 0.2) is 36.0 Å². The molecule has 162 valence electrons. The number of rotatable bonds is 5. The quantitative estimate of drug-likeness (QED) is 0.586. The Bertz CT molecular complexity index is 701. The van der Waals surface area contributed by atoms with Gasteiger partial charge in [-0.1, -0.05) is 38.3 Å². The van der Waals surface area contributed by atoms with Crippen LogP contribution < -0.4 is 10.1 Å². The first kappa shape index (κ1) is 23.7. The smallest absolute Gasteiger partial charge is 0.146 e. The van der Waals surface area contributed by atoms with Gasteiger partial charge in [0.15, 0.2) is 0 Å². The van der Waals surface area contributed by atoms with Crippen LogP contribution in [0.1, 0.15) is 78.6 Å². The zero-order valence-corrected chi connectivity index (χ0v) is 19.1. The highest BCUT2D eigenvalue weighted by atomic mass is 32.1. The van der Waals surface area contributed by atoms with Gasteiger partial charge in [0, 0.05) is 12.1 Å². The lowest BCUT2D eigenvalue weighted by Gasteiger charge is -2.26. The van der Waals surface area contributed by atoms with Crippen molar-refractivity contribution >= 4 is 21.6 Å². The van der Waals surface area contributed by atoms with E-state index >= 15 is 0 Å². The van der Waals surface area contributed by atoms with E-state index in [0.717, 1.165) is 23.7 Å². The summed E-state index contributed by atoms with van der Waals surface area (Å²) in [5, 5.41) is 11.5. The first-order valence-electron chi connectivity index (χ1n) is 11.2. The molecule has 1 aromatic heterocycles. The van der Waals surface area contributed by atoms with Gasteiger partial charge in [0.2, 0.25) is 0 Å². The fraction of sp³-hybridized carbons (Fsp3) is 0.625. The molecule has 0 bridgehead atoms. The van der Waals surface area contributed by atoms with Crippen molar-refractivity contribution in [2.24, 2.45) is 0 Å². The number of hydrogen-bond acceptors (Lipinski definition) is 5. The third kappa shape index (κ3) is 9.18. The summed E-state index contributed by atoms with van der Waals surface area (Å²) in [5.74, 6) is 0.952. The van der Waals surface area contributed by atoms with Crippen molar-refractivity contribution in [1.29, 1.82) is 0 Å². The number of hydrogen-bond donors (Lipinski definition) is 2. The van der Waals surface area contributed by atoms with Gasteiger partial charge in [-0.2, -0.15) is 0 Å². The molecule has 2 saturated carbocycles. The van der Waals surface area contributed by atoms with Gasteiger partial charge < -0.3 is 15.2 Å². The average Bonchev–Trinajstić information content (AvgIpc) is 3.15. The zero-order valence-electron chi connectivity index (χ0n) is 18.3. The molecule has 2 N–H and O–H groups in total. The molecule has 0 atom stereocenters.